The van der Waals surface area contributed by atoms with Crippen molar-refractivity contribution >= 4 is 23.4 Å². The van der Waals surface area contributed by atoms with E-state index in [1.165, 1.54) is 6.07 Å². The Hall–Kier alpha value is -1.37. The third-order valence-corrected chi connectivity index (χ3v) is 4.05. The van der Waals surface area contributed by atoms with Crippen LogP contribution in [0.3, 0.4) is 0 Å². The number of unbranched alkanes of at least 4 members (excludes halogenated alkanes) is 1. The first-order valence-electron chi connectivity index (χ1n) is 6.12. The van der Waals surface area contributed by atoms with E-state index in [1.807, 2.05) is 6.92 Å². The smallest absolute Gasteiger partial charge is 0.416 e. The normalized spacial score (nSPS) is 13.2. The zero-order chi connectivity index (χ0) is 15.3. The summed E-state index contributed by atoms with van der Waals surface area (Å²) < 4.78 is 37.5. The fourth-order valence-corrected chi connectivity index (χ4v) is 2.64. The van der Waals surface area contributed by atoms with E-state index in [-0.39, 0.29) is 5.69 Å². The molecule has 0 bridgehead atoms. The summed E-state index contributed by atoms with van der Waals surface area (Å²) in [4.78, 5) is 11.5. The number of nitrogens with two attached hydrogens (primary N) is 1. The van der Waals surface area contributed by atoms with Crippen molar-refractivity contribution in [1.82, 2.24) is 0 Å². The predicted octanol–water partition coefficient (Wildman–Crippen LogP) is 4.02. The van der Waals surface area contributed by atoms with E-state index in [2.05, 4.69) is 0 Å². The molecule has 0 aliphatic rings. The van der Waals surface area contributed by atoms with Gasteiger partial charge in [0, 0.05) is 10.6 Å². The number of anilines is 1. The van der Waals surface area contributed by atoms with Crippen LogP contribution in [0.5, 0.6) is 0 Å². The van der Waals surface area contributed by atoms with Crippen LogP contribution in [0.1, 0.15) is 31.7 Å². The van der Waals surface area contributed by atoms with E-state index in [9.17, 15) is 18.0 Å². The van der Waals surface area contributed by atoms with E-state index < -0.39 is 23.0 Å². The van der Waals surface area contributed by atoms with Crippen molar-refractivity contribution < 1.29 is 23.1 Å². The molecule has 3 N–H and O–H groups in total. The topological polar surface area (TPSA) is 63.3 Å². The van der Waals surface area contributed by atoms with Crippen molar-refractivity contribution in [3.63, 3.8) is 0 Å². The van der Waals surface area contributed by atoms with Gasteiger partial charge in [-0.15, -0.1) is 11.8 Å². The van der Waals surface area contributed by atoms with Gasteiger partial charge in [-0.25, -0.2) is 0 Å². The molecule has 7 heteroatoms. The molecule has 0 aromatic heterocycles. The number of carboxylic acid groups (broad SMARTS) is 1. The summed E-state index contributed by atoms with van der Waals surface area (Å²) in [5, 5.41) is 8.39. The van der Waals surface area contributed by atoms with Gasteiger partial charge in [0.1, 0.15) is 5.25 Å². The molecule has 0 aliphatic carbocycles. The van der Waals surface area contributed by atoms with E-state index in [1.54, 1.807) is 0 Å². The molecule has 1 aromatic rings. The Kier molecular flexibility index (Phi) is 5.74. The molecule has 1 aromatic carbocycles. The number of hydrogen-bond acceptors (Lipinski definition) is 3. The molecular formula is C13H16F3NO2S. The Balaban J connectivity index is 2.88. The second-order valence-corrected chi connectivity index (χ2v) is 5.58. The maximum absolute atomic E-state index is 12.5. The van der Waals surface area contributed by atoms with Gasteiger partial charge < -0.3 is 10.8 Å². The van der Waals surface area contributed by atoms with Gasteiger partial charge in [-0.3, -0.25) is 4.79 Å². The molecule has 0 aliphatic heterocycles. The minimum absolute atomic E-state index is 0.0485. The van der Waals surface area contributed by atoms with Crippen LogP contribution in [0.15, 0.2) is 23.1 Å². The highest BCUT2D eigenvalue weighted by Gasteiger charge is 2.31. The van der Waals surface area contributed by atoms with Crippen LogP contribution in [0, 0.1) is 0 Å². The van der Waals surface area contributed by atoms with Crippen LogP contribution < -0.4 is 5.73 Å². The first kappa shape index (κ1) is 16.7. The average Bonchev–Trinajstić information content (AvgIpc) is 2.34. The number of carboxylic acids is 1. The summed E-state index contributed by atoms with van der Waals surface area (Å²) in [6, 6.07) is 2.98. The number of halogens is 3. The minimum Gasteiger partial charge on any atom is -0.480 e. The number of thioether (sulfide) groups is 1. The van der Waals surface area contributed by atoms with Gasteiger partial charge in [-0.05, 0) is 24.6 Å². The third kappa shape index (κ3) is 4.63. The van der Waals surface area contributed by atoms with Gasteiger partial charge in [0.05, 0.1) is 5.56 Å². The van der Waals surface area contributed by atoms with E-state index >= 15 is 0 Å². The number of aliphatic carboxylic acids is 1. The van der Waals surface area contributed by atoms with Crippen molar-refractivity contribution in [3.05, 3.63) is 23.8 Å². The third-order valence-electron chi connectivity index (χ3n) is 2.70. The predicted molar refractivity (Wildman–Crippen MR) is 72.7 cm³/mol. The molecule has 1 rings (SSSR count). The van der Waals surface area contributed by atoms with Crippen LogP contribution in [0.4, 0.5) is 18.9 Å². The van der Waals surface area contributed by atoms with Crippen molar-refractivity contribution in [3.8, 4) is 0 Å². The second-order valence-electron chi connectivity index (χ2n) is 4.34. The lowest BCUT2D eigenvalue weighted by Gasteiger charge is -2.14. The Bertz CT molecular complexity index is 477. The van der Waals surface area contributed by atoms with E-state index in [4.69, 9.17) is 10.8 Å². The summed E-state index contributed by atoms with van der Waals surface area (Å²) in [6.45, 7) is 1.94. The maximum atomic E-state index is 12.5. The zero-order valence-electron chi connectivity index (χ0n) is 10.9. The second kappa shape index (κ2) is 6.88. The first-order chi connectivity index (χ1) is 9.25. The Morgan fingerprint density at radius 3 is 2.55 bits per heavy atom. The van der Waals surface area contributed by atoms with Crippen molar-refractivity contribution in [2.75, 3.05) is 5.73 Å². The zero-order valence-corrected chi connectivity index (χ0v) is 11.7. The van der Waals surface area contributed by atoms with Gasteiger partial charge in [0.15, 0.2) is 0 Å². The number of benzene rings is 1. The molecule has 1 unspecified atom stereocenters. The molecule has 0 saturated carbocycles. The summed E-state index contributed by atoms with van der Waals surface area (Å²) in [7, 11) is 0. The highest BCUT2D eigenvalue weighted by atomic mass is 32.2. The van der Waals surface area contributed by atoms with Crippen LogP contribution in [-0.4, -0.2) is 16.3 Å². The molecule has 0 fully saturated rings. The molecule has 0 amide bonds. The molecule has 0 heterocycles. The summed E-state index contributed by atoms with van der Waals surface area (Å²) >= 11 is 0.991. The van der Waals surface area contributed by atoms with Crippen LogP contribution in [0.2, 0.25) is 0 Å². The summed E-state index contributed by atoms with van der Waals surface area (Å²) in [6.07, 6.45) is -2.40. The first-order valence-corrected chi connectivity index (χ1v) is 6.99. The Morgan fingerprint density at radius 1 is 1.45 bits per heavy atom. The molecule has 112 valence electrons. The van der Waals surface area contributed by atoms with Crippen molar-refractivity contribution in [2.45, 2.75) is 42.5 Å². The largest absolute Gasteiger partial charge is 0.480 e. The van der Waals surface area contributed by atoms with Gasteiger partial charge >= 0.3 is 12.1 Å². The molecule has 0 saturated heterocycles. The number of alkyl halides is 3. The lowest BCUT2D eigenvalue weighted by atomic mass is 10.2. The van der Waals surface area contributed by atoms with E-state index in [0.717, 1.165) is 36.7 Å². The van der Waals surface area contributed by atoms with Gasteiger partial charge in [0.25, 0.3) is 0 Å². The molecule has 0 spiro atoms. The quantitative estimate of drug-likeness (QED) is 0.615. The van der Waals surface area contributed by atoms with Gasteiger partial charge in [-0.2, -0.15) is 13.2 Å². The SMILES string of the molecule is CCCCC(Sc1ccc(C(F)(F)F)cc1N)C(=O)O. The molecule has 0 radical (unpaired) electrons. The lowest BCUT2D eigenvalue weighted by molar-refractivity contribution is -0.138. The Morgan fingerprint density at radius 2 is 2.10 bits per heavy atom. The summed E-state index contributed by atoms with van der Waals surface area (Å²) in [5.41, 5.74) is 4.70. The summed E-state index contributed by atoms with van der Waals surface area (Å²) in [5.74, 6) is -0.984. The number of carbonyl (C=O) groups is 1. The van der Waals surface area contributed by atoms with E-state index in [0.29, 0.717) is 11.3 Å². The lowest BCUT2D eigenvalue weighted by Crippen LogP contribution is -2.16. The van der Waals surface area contributed by atoms with Crippen LogP contribution >= 0.6 is 11.8 Å². The van der Waals surface area contributed by atoms with Gasteiger partial charge in [-0.1, -0.05) is 19.8 Å². The van der Waals surface area contributed by atoms with Crippen molar-refractivity contribution in [2.24, 2.45) is 0 Å². The molecule has 1 atom stereocenters. The number of hydrogen-bond donors (Lipinski definition) is 2. The average molecular weight is 307 g/mol. The molecule has 20 heavy (non-hydrogen) atoms. The maximum Gasteiger partial charge on any atom is 0.416 e. The fraction of sp³-hybridized carbons (Fsp3) is 0.462. The minimum atomic E-state index is -4.45. The highest BCUT2D eigenvalue weighted by Crippen LogP contribution is 2.36. The monoisotopic (exact) mass is 307 g/mol. The van der Waals surface area contributed by atoms with Crippen molar-refractivity contribution in [1.29, 1.82) is 0 Å². The molecular weight excluding hydrogens is 291 g/mol. The highest BCUT2D eigenvalue weighted by molar-refractivity contribution is 8.00. The van der Waals surface area contributed by atoms with Crippen LogP contribution in [0.25, 0.3) is 0 Å². The van der Waals surface area contributed by atoms with Crippen LogP contribution in [-0.2, 0) is 11.0 Å². The number of rotatable bonds is 6. The number of nitrogen functional groups attached to an aromatic ring is 1. The molecule has 3 nitrogen and oxygen atoms in total. The fourth-order valence-electron chi connectivity index (χ4n) is 1.61. The standard InChI is InChI=1S/C13H16F3NO2S/c1-2-3-4-11(12(18)19)20-10-6-5-8(7-9(10)17)13(14,15)16/h5-7,11H,2-4,17H2,1H3,(H,18,19). The van der Waals surface area contributed by atoms with Gasteiger partial charge in [0.2, 0.25) is 0 Å². The Labute approximate surface area is 119 Å².